The van der Waals surface area contributed by atoms with Gasteiger partial charge in [0.25, 0.3) is 0 Å². The molecule has 2 atom stereocenters. The molecule has 3 heteroatoms. The van der Waals surface area contributed by atoms with Crippen molar-refractivity contribution in [1.82, 2.24) is 5.32 Å². The third-order valence-corrected chi connectivity index (χ3v) is 3.41. The Labute approximate surface area is 116 Å². The Morgan fingerprint density at radius 2 is 2.26 bits per heavy atom. The van der Waals surface area contributed by atoms with Crippen molar-refractivity contribution < 1.29 is 9.47 Å². The lowest BCUT2D eigenvalue weighted by Gasteiger charge is -2.13. The number of hydrogen-bond acceptors (Lipinski definition) is 3. The fourth-order valence-electron chi connectivity index (χ4n) is 2.35. The first-order chi connectivity index (χ1) is 9.28. The molecule has 1 aromatic rings. The Bertz CT molecular complexity index is 381. The van der Waals surface area contributed by atoms with E-state index in [2.05, 4.69) is 37.4 Å². The predicted octanol–water partition coefficient (Wildman–Crippen LogP) is 3.13. The lowest BCUT2D eigenvalue weighted by atomic mass is 10.2. The van der Waals surface area contributed by atoms with Crippen LogP contribution in [-0.4, -0.2) is 25.4 Å². The summed E-state index contributed by atoms with van der Waals surface area (Å²) in [6, 6.07) is 8.31. The van der Waals surface area contributed by atoms with Gasteiger partial charge in [0.2, 0.25) is 0 Å². The van der Waals surface area contributed by atoms with E-state index in [1.807, 2.05) is 6.07 Å². The van der Waals surface area contributed by atoms with E-state index >= 15 is 0 Å². The summed E-state index contributed by atoms with van der Waals surface area (Å²) in [5.41, 5.74) is 1.27. The number of ether oxygens (including phenoxy) is 2. The molecule has 3 nitrogen and oxygen atoms in total. The topological polar surface area (TPSA) is 30.5 Å². The molecule has 1 heterocycles. The van der Waals surface area contributed by atoms with Gasteiger partial charge >= 0.3 is 0 Å². The van der Waals surface area contributed by atoms with Gasteiger partial charge in [0.15, 0.2) is 0 Å². The number of nitrogens with one attached hydrogen (secondary N) is 1. The summed E-state index contributed by atoms with van der Waals surface area (Å²) in [4.78, 5) is 0. The van der Waals surface area contributed by atoms with Crippen LogP contribution in [0.3, 0.4) is 0 Å². The first-order valence-electron chi connectivity index (χ1n) is 7.36. The van der Waals surface area contributed by atoms with Gasteiger partial charge in [-0.2, -0.15) is 0 Å². The molecule has 2 rings (SSSR count). The normalized spacial score (nSPS) is 22.6. The molecule has 0 spiro atoms. The highest BCUT2D eigenvalue weighted by molar-refractivity contribution is 5.28. The Kier molecular flexibility index (Phi) is 5.67. The highest BCUT2D eigenvalue weighted by Crippen LogP contribution is 2.21. The molecule has 0 bridgehead atoms. The van der Waals surface area contributed by atoms with Crippen LogP contribution in [0.15, 0.2) is 24.3 Å². The standard InChI is InChI=1S/C16H25NO2/c1-3-9-17-11-14-5-4-6-15(10-14)18-12-16-8-7-13(2)19-16/h4-6,10,13,16-17H,3,7-9,11-12H2,1-2H3. The predicted molar refractivity (Wildman–Crippen MR) is 77.5 cm³/mol. The molecule has 0 amide bonds. The zero-order valence-corrected chi connectivity index (χ0v) is 12.0. The number of rotatable bonds is 7. The summed E-state index contributed by atoms with van der Waals surface area (Å²) in [6.07, 6.45) is 4.07. The van der Waals surface area contributed by atoms with E-state index in [1.54, 1.807) is 0 Å². The molecule has 19 heavy (non-hydrogen) atoms. The molecule has 0 saturated carbocycles. The number of hydrogen-bond donors (Lipinski definition) is 1. The van der Waals surface area contributed by atoms with Crippen LogP contribution in [0.2, 0.25) is 0 Å². The van der Waals surface area contributed by atoms with Crippen LogP contribution >= 0.6 is 0 Å². The van der Waals surface area contributed by atoms with Crippen molar-refractivity contribution in [2.24, 2.45) is 0 Å². The molecule has 1 aliphatic rings. The van der Waals surface area contributed by atoms with E-state index in [-0.39, 0.29) is 6.10 Å². The van der Waals surface area contributed by atoms with Gasteiger partial charge in [0, 0.05) is 6.54 Å². The monoisotopic (exact) mass is 263 g/mol. The van der Waals surface area contributed by atoms with Crippen LogP contribution in [0.4, 0.5) is 0 Å². The van der Waals surface area contributed by atoms with E-state index < -0.39 is 0 Å². The average molecular weight is 263 g/mol. The first-order valence-corrected chi connectivity index (χ1v) is 7.36. The fourth-order valence-corrected chi connectivity index (χ4v) is 2.35. The minimum atomic E-state index is 0.261. The van der Waals surface area contributed by atoms with Gasteiger partial charge in [-0.3, -0.25) is 0 Å². The number of benzene rings is 1. The second-order valence-corrected chi connectivity index (χ2v) is 5.28. The minimum absolute atomic E-state index is 0.261. The Morgan fingerprint density at radius 3 is 3.00 bits per heavy atom. The Morgan fingerprint density at radius 1 is 1.37 bits per heavy atom. The maximum Gasteiger partial charge on any atom is 0.119 e. The summed E-state index contributed by atoms with van der Waals surface area (Å²) in [5.74, 6) is 0.943. The lowest BCUT2D eigenvalue weighted by molar-refractivity contribution is 0.0264. The molecule has 0 aliphatic carbocycles. The molecule has 2 unspecified atom stereocenters. The van der Waals surface area contributed by atoms with Crippen LogP contribution in [0.25, 0.3) is 0 Å². The van der Waals surface area contributed by atoms with Crippen molar-refractivity contribution in [3.05, 3.63) is 29.8 Å². The van der Waals surface area contributed by atoms with Gasteiger partial charge in [-0.1, -0.05) is 19.1 Å². The second-order valence-electron chi connectivity index (χ2n) is 5.28. The molecule has 1 aliphatic heterocycles. The van der Waals surface area contributed by atoms with Crippen molar-refractivity contribution in [2.45, 2.75) is 51.9 Å². The van der Waals surface area contributed by atoms with Crippen molar-refractivity contribution in [3.8, 4) is 5.75 Å². The summed E-state index contributed by atoms with van der Waals surface area (Å²) < 4.78 is 11.6. The summed E-state index contributed by atoms with van der Waals surface area (Å²) in [6.45, 7) is 6.92. The molecular formula is C16H25NO2. The molecular weight excluding hydrogens is 238 g/mol. The van der Waals surface area contributed by atoms with Crippen molar-refractivity contribution in [3.63, 3.8) is 0 Å². The second kappa shape index (κ2) is 7.51. The third-order valence-electron chi connectivity index (χ3n) is 3.41. The van der Waals surface area contributed by atoms with Gasteiger partial charge in [-0.05, 0) is 50.4 Å². The fraction of sp³-hybridized carbons (Fsp3) is 0.625. The molecule has 1 saturated heterocycles. The van der Waals surface area contributed by atoms with Gasteiger partial charge in [-0.15, -0.1) is 0 Å². The van der Waals surface area contributed by atoms with E-state index in [4.69, 9.17) is 9.47 Å². The Balaban J connectivity index is 1.78. The largest absolute Gasteiger partial charge is 0.491 e. The van der Waals surface area contributed by atoms with Crippen LogP contribution in [0.5, 0.6) is 5.75 Å². The van der Waals surface area contributed by atoms with Gasteiger partial charge < -0.3 is 14.8 Å². The van der Waals surface area contributed by atoms with Crippen molar-refractivity contribution in [2.75, 3.05) is 13.2 Å². The molecule has 0 radical (unpaired) electrons. The summed E-state index contributed by atoms with van der Waals surface area (Å²) >= 11 is 0. The van der Waals surface area contributed by atoms with Crippen molar-refractivity contribution >= 4 is 0 Å². The molecule has 0 aromatic heterocycles. The van der Waals surface area contributed by atoms with E-state index in [0.29, 0.717) is 12.7 Å². The van der Waals surface area contributed by atoms with Gasteiger partial charge in [0.05, 0.1) is 12.2 Å². The van der Waals surface area contributed by atoms with Gasteiger partial charge in [-0.25, -0.2) is 0 Å². The highest BCUT2D eigenvalue weighted by Gasteiger charge is 2.22. The smallest absolute Gasteiger partial charge is 0.119 e. The van der Waals surface area contributed by atoms with Crippen LogP contribution in [0.1, 0.15) is 38.7 Å². The average Bonchev–Trinajstić information content (AvgIpc) is 2.83. The quantitative estimate of drug-likeness (QED) is 0.767. The Hall–Kier alpha value is -1.06. The highest BCUT2D eigenvalue weighted by atomic mass is 16.5. The zero-order chi connectivity index (χ0) is 13.5. The molecule has 1 aromatic carbocycles. The summed E-state index contributed by atoms with van der Waals surface area (Å²) in [7, 11) is 0. The van der Waals surface area contributed by atoms with Crippen LogP contribution in [-0.2, 0) is 11.3 Å². The molecule has 106 valence electrons. The maximum atomic E-state index is 5.83. The van der Waals surface area contributed by atoms with Crippen LogP contribution < -0.4 is 10.1 Å². The van der Waals surface area contributed by atoms with Gasteiger partial charge in [0.1, 0.15) is 12.4 Å². The first kappa shape index (κ1) is 14.4. The van der Waals surface area contributed by atoms with E-state index in [1.165, 1.54) is 5.56 Å². The lowest BCUT2D eigenvalue weighted by Crippen LogP contribution is -2.18. The third kappa shape index (κ3) is 4.84. The van der Waals surface area contributed by atoms with E-state index in [9.17, 15) is 0 Å². The maximum absolute atomic E-state index is 5.83. The SMILES string of the molecule is CCCNCc1cccc(OCC2CCC(C)O2)c1. The van der Waals surface area contributed by atoms with Crippen molar-refractivity contribution in [1.29, 1.82) is 0 Å². The minimum Gasteiger partial charge on any atom is -0.491 e. The molecule has 1 fully saturated rings. The molecule has 1 N–H and O–H groups in total. The van der Waals surface area contributed by atoms with E-state index in [0.717, 1.165) is 38.1 Å². The van der Waals surface area contributed by atoms with Crippen LogP contribution in [0, 0.1) is 0 Å². The zero-order valence-electron chi connectivity index (χ0n) is 12.0. The summed E-state index contributed by atoms with van der Waals surface area (Å²) in [5, 5.41) is 3.40.